The maximum absolute atomic E-state index is 13.0. The van der Waals surface area contributed by atoms with E-state index in [0.29, 0.717) is 5.56 Å². The molecule has 1 heterocycles. The first kappa shape index (κ1) is 22.4. The van der Waals surface area contributed by atoms with Crippen LogP contribution in [0.15, 0.2) is 82.4 Å². The maximum Gasteiger partial charge on any atom is 0.271 e. The molecule has 3 N–H and O–H groups in total. The number of sulfonamides is 1. The van der Waals surface area contributed by atoms with Crippen LogP contribution in [0, 0.1) is 5.82 Å². The fraction of sp³-hybridized carbons (Fsp3) is 0.0435. The molecule has 0 radical (unpaired) electrons. The molecular weight excluding hydrogens is 465 g/mol. The van der Waals surface area contributed by atoms with Gasteiger partial charge in [0.25, 0.3) is 15.9 Å². The zero-order chi connectivity index (χ0) is 23.4. The van der Waals surface area contributed by atoms with Gasteiger partial charge in [0.2, 0.25) is 5.91 Å². The van der Waals surface area contributed by atoms with Gasteiger partial charge in [-0.25, -0.2) is 12.8 Å². The molecule has 0 spiro atoms. The number of carbonyl (C=O) groups excluding carboxylic acids is 2. The third kappa shape index (κ3) is 5.36. The van der Waals surface area contributed by atoms with Crippen molar-refractivity contribution in [2.24, 2.45) is 0 Å². The van der Waals surface area contributed by atoms with Crippen molar-refractivity contribution in [2.45, 2.75) is 10.6 Å². The molecule has 0 aliphatic rings. The number of amides is 2. The van der Waals surface area contributed by atoms with E-state index in [2.05, 4.69) is 15.6 Å². The van der Waals surface area contributed by atoms with Crippen LogP contribution >= 0.6 is 11.3 Å². The Kier molecular flexibility index (Phi) is 6.38. The molecule has 2 amide bonds. The average Bonchev–Trinajstić information content (AvgIpc) is 3.34. The number of hydrogen-bond acceptors (Lipinski definition) is 5. The molecule has 3 aromatic carbocycles. The van der Waals surface area contributed by atoms with Gasteiger partial charge >= 0.3 is 0 Å². The van der Waals surface area contributed by atoms with E-state index in [-0.39, 0.29) is 21.9 Å². The van der Waals surface area contributed by atoms with Crippen LogP contribution in [0.1, 0.15) is 15.9 Å². The molecule has 0 saturated carbocycles. The highest BCUT2D eigenvalue weighted by Crippen LogP contribution is 2.27. The minimum absolute atomic E-state index is 0.0379. The number of rotatable bonds is 6. The Bertz CT molecular complexity index is 1420. The highest BCUT2D eigenvalue weighted by atomic mass is 32.2. The second-order valence-electron chi connectivity index (χ2n) is 7.09. The molecule has 0 bridgehead atoms. The molecule has 0 atom stereocenters. The van der Waals surface area contributed by atoms with Gasteiger partial charge in [-0.3, -0.25) is 25.2 Å². The van der Waals surface area contributed by atoms with E-state index in [1.807, 2.05) is 0 Å². The van der Waals surface area contributed by atoms with Gasteiger partial charge in [0.15, 0.2) is 0 Å². The lowest BCUT2D eigenvalue weighted by atomic mass is 10.0. The van der Waals surface area contributed by atoms with Gasteiger partial charge in [-0.15, -0.1) is 11.3 Å². The van der Waals surface area contributed by atoms with Crippen LogP contribution in [-0.2, 0) is 21.2 Å². The van der Waals surface area contributed by atoms with E-state index in [4.69, 9.17) is 0 Å². The predicted molar refractivity (Wildman–Crippen MR) is 125 cm³/mol. The Balaban J connectivity index is 1.56. The number of thiophene rings is 1. The monoisotopic (exact) mass is 483 g/mol. The van der Waals surface area contributed by atoms with Crippen molar-refractivity contribution in [3.63, 3.8) is 0 Å². The summed E-state index contributed by atoms with van der Waals surface area (Å²) in [6, 6.07) is 18.8. The summed E-state index contributed by atoms with van der Waals surface area (Å²) < 4.78 is 41.1. The van der Waals surface area contributed by atoms with Gasteiger partial charge in [0, 0.05) is 0 Å². The number of halogens is 1. The van der Waals surface area contributed by atoms with Crippen LogP contribution in [0.5, 0.6) is 0 Å². The first-order chi connectivity index (χ1) is 15.8. The standard InChI is InChI=1S/C23H18FN3O4S2/c24-18-9-7-15(8-10-18)12-21(28)25-26-23(29)19-13-16-4-1-2-5-17(16)14-20(19)27-33(30,31)22-6-3-11-32-22/h1-11,13-14,27H,12H2,(H,25,28)(H,26,29). The number of carbonyl (C=O) groups is 2. The van der Waals surface area contributed by atoms with E-state index >= 15 is 0 Å². The summed E-state index contributed by atoms with van der Waals surface area (Å²) in [6.45, 7) is 0. The predicted octanol–water partition coefficient (Wildman–Crippen LogP) is 3.84. The van der Waals surface area contributed by atoms with Crippen LogP contribution in [0.25, 0.3) is 10.8 Å². The van der Waals surface area contributed by atoms with Gasteiger partial charge in [-0.1, -0.05) is 42.5 Å². The van der Waals surface area contributed by atoms with Gasteiger partial charge in [0.05, 0.1) is 17.7 Å². The molecular formula is C23H18FN3O4S2. The topological polar surface area (TPSA) is 104 Å². The number of nitrogens with one attached hydrogen (secondary N) is 3. The van der Waals surface area contributed by atoms with Crippen molar-refractivity contribution >= 4 is 49.6 Å². The first-order valence-corrected chi connectivity index (χ1v) is 12.1. The molecule has 4 rings (SSSR count). The summed E-state index contributed by atoms with van der Waals surface area (Å²) in [5, 5.41) is 3.09. The Morgan fingerprint density at radius 1 is 0.879 bits per heavy atom. The molecule has 0 fully saturated rings. The lowest BCUT2D eigenvalue weighted by Gasteiger charge is -2.14. The maximum atomic E-state index is 13.0. The van der Waals surface area contributed by atoms with Crippen LogP contribution < -0.4 is 15.6 Å². The first-order valence-electron chi connectivity index (χ1n) is 9.74. The number of benzene rings is 3. The van der Waals surface area contributed by atoms with E-state index in [0.717, 1.165) is 22.1 Å². The van der Waals surface area contributed by atoms with Crippen molar-refractivity contribution < 1.29 is 22.4 Å². The molecule has 0 aliphatic heterocycles. The lowest BCUT2D eigenvalue weighted by molar-refractivity contribution is -0.121. The van der Waals surface area contributed by atoms with Crippen LogP contribution in [0.2, 0.25) is 0 Å². The Morgan fingerprint density at radius 3 is 2.24 bits per heavy atom. The molecule has 10 heteroatoms. The third-order valence-corrected chi connectivity index (χ3v) is 7.49. The fourth-order valence-corrected chi connectivity index (χ4v) is 5.21. The van der Waals surface area contributed by atoms with Gasteiger partial charge in [0.1, 0.15) is 10.0 Å². The highest BCUT2D eigenvalue weighted by molar-refractivity contribution is 7.94. The van der Waals surface area contributed by atoms with Crippen LogP contribution in [0.4, 0.5) is 10.1 Å². The molecule has 7 nitrogen and oxygen atoms in total. The second kappa shape index (κ2) is 9.39. The number of hydrogen-bond donors (Lipinski definition) is 3. The number of fused-ring (bicyclic) bond motifs is 1. The minimum Gasteiger partial charge on any atom is -0.278 e. The smallest absolute Gasteiger partial charge is 0.271 e. The van der Waals surface area contributed by atoms with Gasteiger partial charge in [-0.2, -0.15) is 0 Å². The molecule has 33 heavy (non-hydrogen) atoms. The van der Waals surface area contributed by atoms with Crippen molar-refractivity contribution in [1.82, 2.24) is 10.9 Å². The Labute approximate surface area is 193 Å². The minimum atomic E-state index is -3.90. The summed E-state index contributed by atoms with van der Waals surface area (Å²) in [4.78, 5) is 25.1. The van der Waals surface area contributed by atoms with E-state index in [1.165, 1.54) is 30.3 Å². The van der Waals surface area contributed by atoms with Gasteiger partial charge in [-0.05, 0) is 52.0 Å². The average molecular weight is 484 g/mol. The Morgan fingerprint density at radius 2 is 1.58 bits per heavy atom. The van der Waals surface area contributed by atoms with Crippen LogP contribution in [-0.4, -0.2) is 20.2 Å². The van der Waals surface area contributed by atoms with E-state index in [1.54, 1.807) is 47.8 Å². The summed E-state index contributed by atoms with van der Waals surface area (Å²) in [7, 11) is -3.90. The van der Waals surface area contributed by atoms with E-state index < -0.39 is 27.7 Å². The van der Waals surface area contributed by atoms with Crippen molar-refractivity contribution in [3.05, 3.63) is 95.1 Å². The zero-order valence-corrected chi connectivity index (χ0v) is 18.7. The quantitative estimate of drug-likeness (QED) is 0.363. The molecule has 1 aromatic heterocycles. The molecule has 0 aliphatic carbocycles. The summed E-state index contributed by atoms with van der Waals surface area (Å²) in [6.07, 6.45) is -0.0733. The van der Waals surface area contributed by atoms with Crippen LogP contribution in [0.3, 0.4) is 0 Å². The number of anilines is 1. The number of hydrazine groups is 1. The SMILES string of the molecule is O=C(Cc1ccc(F)cc1)NNC(=O)c1cc2ccccc2cc1NS(=O)(=O)c1cccs1. The zero-order valence-electron chi connectivity index (χ0n) is 17.0. The lowest BCUT2D eigenvalue weighted by Crippen LogP contribution is -2.42. The summed E-state index contributed by atoms with van der Waals surface area (Å²) >= 11 is 1.05. The molecule has 0 saturated heterocycles. The van der Waals surface area contributed by atoms with Crippen molar-refractivity contribution in [2.75, 3.05) is 4.72 Å². The van der Waals surface area contributed by atoms with Crippen molar-refractivity contribution in [3.8, 4) is 0 Å². The Hall–Kier alpha value is -3.76. The normalized spacial score (nSPS) is 11.2. The van der Waals surface area contributed by atoms with Crippen molar-refractivity contribution in [1.29, 1.82) is 0 Å². The summed E-state index contributed by atoms with van der Waals surface area (Å²) in [5.41, 5.74) is 5.30. The summed E-state index contributed by atoms with van der Waals surface area (Å²) in [5.74, 6) is -1.63. The fourth-order valence-electron chi connectivity index (χ4n) is 3.15. The largest absolute Gasteiger partial charge is 0.278 e. The van der Waals surface area contributed by atoms with Gasteiger partial charge < -0.3 is 0 Å². The van der Waals surface area contributed by atoms with E-state index in [9.17, 15) is 22.4 Å². The second-order valence-corrected chi connectivity index (χ2v) is 9.95. The molecule has 0 unspecified atom stereocenters. The molecule has 168 valence electrons. The third-order valence-electron chi connectivity index (χ3n) is 4.73. The highest BCUT2D eigenvalue weighted by Gasteiger charge is 2.21. The molecule has 4 aromatic rings.